The molecule has 2 rings (SSSR count). The number of nitrogens with zero attached hydrogens (tertiary/aromatic N) is 1. The minimum Gasteiger partial charge on any atom is -0.495 e. The van der Waals surface area contributed by atoms with Gasteiger partial charge in [-0.15, -0.1) is 0 Å². The number of likely N-dealkylation sites (tertiary alicyclic amines) is 1. The maximum Gasteiger partial charge on any atom is 0.183 e. The van der Waals surface area contributed by atoms with Gasteiger partial charge in [-0.2, -0.15) is 0 Å². The molecule has 1 aliphatic heterocycles. The van der Waals surface area contributed by atoms with Gasteiger partial charge in [0.15, 0.2) is 9.84 Å². The summed E-state index contributed by atoms with van der Waals surface area (Å²) in [5.74, 6) is 0.456. The second kappa shape index (κ2) is 6.78. The predicted octanol–water partition coefficient (Wildman–Crippen LogP) is 2.61. The molecule has 1 saturated heterocycles. The first-order valence-electron chi connectivity index (χ1n) is 6.81. The lowest BCUT2D eigenvalue weighted by molar-refractivity contribution is 0.241. The molecule has 0 saturated carbocycles. The summed E-state index contributed by atoms with van der Waals surface area (Å²) >= 11 is 5.90. The average Bonchev–Trinajstić information content (AvgIpc) is 2.46. The molecule has 6 heteroatoms. The van der Waals surface area contributed by atoms with Gasteiger partial charge < -0.3 is 9.64 Å². The van der Waals surface area contributed by atoms with Crippen LogP contribution in [-0.2, 0) is 9.84 Å². The fourth-order valence-electron chi connectivity index (χ4n) is 2.44. The van der Waals surface area contributed by atoms with Gasteiger partial charge in [-0.1, -0.05) is 18.0 Å². The Hall–Kier alpha value is -0.780. The molecule has 1 aromatic rings. The minimum absolute atomic E-state index is 0.101. The highest BCUT2D eigenvalue weighted by molar-refractivity contribution is 7.91. The summed E-state index contributed by atoms with van der Waals surface area (Å²) < 4.78 is 30.0. The molecule has 0 unspecified atom stereocenters. The number of hydrogen-bond donors (Lipinski definition) is 0. The van der Waals surface area contributed by atoms with E-state index < -0.39 is 9.84 Å². The normalized spacial score (nSPS) is 17.1. The molecular weight excluding hydrogens is 298 g/mol. The second-order valence-corrected chi connectivity index (χ2v) is 7.53. The molecule has 0 N–H and O–H groups in total. The van der Waals surface area contributed by atoms with Crippen molar-refractivity contribution in [1.82, 2.24) is 4.90 Å². The molecule has 1 heterocycles. The lowest BCUT2D eigenvalue weighted by Gasteiger charge is -2.26. The van der Waals surface area contributed by atoms with Crippen molar-refractivity contribution in [3.05, 3.63) is 23.2 Å². The molecule has 0 amide bonds. The van der Waals surface area contributed by atoms with Crippen LogP contribution in [0.15, 0.2) is 23.1 Å². The van der Waals surface area contributed by atoms with Gasteiger partial charge in [-0.25, -0.2) is 8.42 Å². The van der Waals surface area contributed by atoms with Gasteiger partial charge in [0.25, 0.3) is 0 Å². The van der Waals surface area contributed by atoms with Crippen LogP contribution >= 0.6 is 11.6 Å². The molecule has 0 radical (unpaired) electrons. The van der Waals surface area contributed by atoms with Gasteiger partial charge in [-0.05, 0) is 44.1 Å². The second-order valence-electron chi connectivity index (χ2n) is 5.02. The number of hydrogen-bond acceptors (Lipinski definition) is 4. The Morgan fingerprint density at radius 2 is 1.95 bits per heavy atom. The fourth-order valence-corrected chi connectivity index (χ4v) is 4.16. The Bertz CT molecular complexity index is 554. The minimum atomic E-state index is -3.38. The van der Waals surface area contributed by atoms with Crippen LogP contribution < -0.4 is 4.74 Å². The number of ether oxygens (including phenoxy) is 1. The van der Waals surface area contributed by atoms with E-state index in [1.807, 2.05) is 0 Å². The Kier molecular flexibility index (Phi) is 5.29. The van der Waals surface area contributed by atoms with Crippen molar-refractivity contribution in [3.63, 3.8) is 0 Å². The molecule has 0 atom stereocenters. The molecule has 1 fully saturated rings. The zero-order valence-electron chi connectivity index (χ0n) is 11.6. The van der Waals surface area contributed by atoms with Crippen molar-refractivity contribution in [1.29, 1.82) is 0 Å². The van der Waals surface area contributed by atoms with Crippen molar-refractivity contribution in [2.24, 2.45) is 0 Å². The van der Waals surface area contributed by atoms with E-state index in [4.69, 9.17) is 16.3 Å². The van der Waals surface area contributed by atoms with Crippen LogP contribution in [-0.4, -0.2) is 45.8 Å². The van der Waals surface area contributed by atoms with Crippen molar-refractivity contribution in [2.75, 3.05) is 32.5 Å². The number of methoxy groups -OCH3 is 1. The van der Waals surface area contributed by atoms with Crippen LogP contribution in [0.2, 0.25) is 5.02 Å². The Morgan fingerprint density at radius 3 is 2.60 bits per heavy atom. The van der Waals surface area contributed by atoms with Gasteiger partial charge in [0, 0.05) is 11.6 Å². The van der Waals surface area contributed by atoms with Crippen LogP contribution in [0.4, 0.5) is 0 Å². The summed E-state index contributed by atoms with van der Waals surface area (Å²) in [5.41, 5.74) is 0. The third kappa shape index (κ3) is 3.87. The van der Waals surface area contributed by atoms with E-state index in [2.05, 4.69) is 4.90 Å². The monoisotopic (exact) mass is 317 g/mol. The van der Waals surface area contributed by atoms with E-state index in [-0.39, 0.29) is 10.6 Å². The summed E-state index contributed by atoms with van der Waals surface area (Å²) in [6, 6.07) is 4.69. The third-order valence-corrected chi connectivity index (χ3v) is 5.53. The number of rotatable bonds is 5. The first-order valence-corrected chi connectivity index (χ1v) is 8.84. The third-order valence-electron chi connectivity index (χ3n) is 3.59. The highest BCUT2D eigenvalue weighted by Crippen LogP contribution is 2.28. The number of benzene rings is 1. The smallest absolute Gasteiger partial charge is 0.183 e. The van der Waals surface area contributed by atoms with Crippen LogP contribution in [0, 0.1) is 0 Å². The summed E-state index contributed by atoms with van der Waals surface area (Å²) in [4.78, 5) is 2.39. The molecular formula is C14H20ClNO3S. The Balaban J connectivity index is 2.11. The molecule has 0 aliphatic carbocycles. The van der Waals surface area contributed by atoms with E-state index >= 15 is 0 Å². The van der Waals surface area contributed by atoms with E-state index in [9.17, 15) is 8.42 Å². The topological polar surface area (TPSA) is 46.6 Å². The van der Waals surface area contributed by atoms with E-state index in [1.165, 1.54) is 19.6 Å². The van der Waals surface area contributed by atoms with Gasteiger partial charge in [0.2, 0.25) is 0 Å². The standard InChI is InChI=1S/C14H20ClNO3S/c1-19-13-6-5-12(15)11-14(13)20(17,18)10-9-16-7-3-2-4-8-16/h5-6,11H,2-4,7-10H2,1H3. The highest BCUT2D eigenvalue weighted by atomic mass is 35.5. The van der Waals surface area contributed by atoms with E-state index in [1.54, 1.807) is 12.1 Å². The van der Waals surface area contributed by atoms with Crippen LogP contribution in [0.5, 0.6) is 5.75 Å². The molecule has 0 aromatic heterocycles. The first kappa shape index (κ1) is 15.6. The maximum atomic E-state index is 12.4. The van der Waals surface area contributed by atoms with Gasteiger partial charge in [0.05, 0.1) is 12.9 Å². The number of sulfone groups is 1. The quantitative estimate of drug-likeness (QED) is 0.837. The van der Waals surface area contributed by atoms with Gasteiger partial charge in [-0.3, -0.25) is 0 Å². The number of halogens is 1. The van der Waals surface area contributed by atoms with Crippen LogP contribution in [0.1, 0.15) is 19.3 Å². The summed E-state index contributed by atoms with van der Waals surface area (Å²) in [7, 11) is -1.91. The van der Waals surface area contributed by atoms with Gasteiger partial charge >= 0.3 is 0 Å². The van der Waals surface area contributed by atoms with Crippen molar-refractivity contribution >= 4 is 21.4 Å². The molecule has 112 valence electrons. The summed E-state index contributed by atoms with van der Waals surface area (Å²) in [6.07, 6.45) is 3.55. The van der Waals surface area contributed by atoms with Crippen molar-refractivity contribution < 1.29 is 13.2 Å². The Morgan fingerprint density at radius 1 is 1.25 bits per heavy atom. The molecule has 0 spiro atoms. The SMILES string of the molecule is COc1ccc(Cl)cc1S(=O)(=O)CCN1CCCCC1. The summed E-state index contributed by atoms with van der Waals surface area (Å²) in [5, 5.41) is 0.405. The lowest BCUT2D eigenvalue weighted by atomic mass is 10.1. The Labute approximate surface area is 125 Å². The first-order chi connectivity index (χ1) is 9.53. The van der Waals surface area contributed by atoms with E-state index in [0.29, 0.717) is 17.3 Å². The van der Waals surface area contributed by atoms with Crippen molar-refractivity contribution in [2.45, 2.75) is 24.2 Å². The molecule has 1 aliphatic rings. The zero-order valence-corrected chi connectivity index (χ0v) is 13.2. The molecule has 20 heavy (non-hydrogen) atoms. The predicted molar refractivity (Wildman–Crippen MR) is 80.3 cm³/mol. The lowest BCUT2D eigenvalue weighted by Crippen LogP contribution is -2.34. The maximum absolute atomic E-state index is 12.4. The van der Waals surface area contributed by atoms with Crippen LogP contribution in [0.3, 0.4) is 0 Å². The largest absolute Gasteiger partial charge is 0.495 e. The molecule has 1 aromatic carbocycles. The van der Waals surface area contributed by atoms with Crippen LogP contribution in [0.25, 0.3) is 0 Å². The zero-order chi connectivity index (χ0) is 14.6. The highest BCUT2D eigenvalue weighted by Gasteiger charge is 2.22. The summed E-state index contributed by atoms with van der Waals surface area (Å²) in [6.45, 7) is 2.54. The van der Waals surface area contributed by atoms with Crippen molar-refractivity contribution in [3.8, 4) is 5.75 Å². The molecule has 4 nitrogen and oxygen atoms in total. The van der Waals surface area contributed by atoms with Gasteiger partial charge in [0.1, 0.15) is 10.6 Å². The fraction of sp³-hybridized carbons (Fsp3) is 0.571. The molecule has 0 bridgehead atoms. The van der Waals surface area contributed by atoms with E-state index in [0.717, 1.165) is 25.9 Å². The average molecular weight is 318 g/mol. The number of piperidine rings is 1.